The van der Waals surface area contributed by atoms with E-state index in [0.29, 0.717) is 34.2 Å². The SMILES string of the molecule is CCCS(=O)(=O)c1ccc(-c2cccc(-c3nc4c(C(F)(F)F)cccc4cc3C)c2)c(Cl)c1. The first-order valence-corrected chi connectivity index (χ1v) is 12.6. The Morgan fingerprint density at radius 2 is 1.65 bits per heavy atom. The summed E-state index contributed by atoms with van der Waals surface area (Å²) in [5.74, 6) is 0.0327. The fourth-order valence-electron chi connectivity index (χ4n) is 3.97. The van der Waals surface area contributed by atoms with E-state index < -0.39 is 21.6 Å². The summed E-state index contributed by atoms with van der Waals surface area (Å²) >= 11 is 6.44. The Balaban J connectivity index is 1.82. The highest BCUT2D eigenvalue weighted by molar-refractivity contribution is 7.91. The third-order valence-electron chi connectivity index (χ3n) is 5.56. The summed E-state index contributed by atoms with van der Waals surface area (Å²) in [6, 6.07) is 17.4. The Morgan fingerprint density at radius 1 is 0.941 bits per heavy atom. The minimum Gasteiger partial charge on any atom is -0.247 e. The van der Waals surface area contributed by atoms with Crippen molar-refractivity contribution in [1.82, 2.24) is 4.98 Å². The molecule has 0 unspecified atom stereocenters. The Labute approximate surface area is 201 Å². The largest absolute Gasteiger partial charge is 0.418 e. The summed E-state index contributed by atoms with van der Waals surface area (Å²) in [5, 5.41) is 0.691. The van der Waals surface area contributed by atoms with Gasteiger partial charge < -0.3 is 0 Å². The van der Waals surface area contributed by atoms with Crippen molar-refractivity contribution in [3.8, 4) is 22.4 Å². The molecule has 0 spiro atoms. The second-order valence-electron chi connectivity index (χ2n) is 8.07. The molecule has 1 aromatic heterocycles. The molecule has 3 aromatic carbocycles. The van der Waals surface area contributed by atoms with Gasteiger partial charge in [-0.2, -0.15) is 13.2 Å². The molecule has 0 amide bonds. The number of nitrogens with zero attached hydrogens (tertiary/aromatic N) is 1. The highest BCUT2D eigenvalue weighted by atomic mass is 35.5. The maximum Gasteiger partial charge on any atom is 0.418 e. The van der Waals surface area contributed by atoms with Crippen LogP contribution in [0.25, 0.3) is 33.3 Å². The summed E-state index contributed by atoms with van der Waals surface area (Å²) in [4.78, 5) is 4.56. The molecular weight excluding hydrogens is 483 g/mol. The van der Waals surface area contributed by atoms with Gasteiger partial charge in [-0.25, -0.2) is 13.4 Å². The Kier molecular flexibility index (Phi) is 6.44. The van der Waals surface area contributed by atoms with E-state index in [1.807, 2.05) is 6.07 Å². The molecule has 0 aliphatic carbocycles. The smallest absolute Gasteiger partial charge is 0.247 e. The van der Waals surface area contributed by atoms with Crippen LogP contribution in [0.15, 0.2) is 71.6 Å². The molecule has 0 atom stereocenters. The summed E-state index contributed by atoms with van der Waals surface area (Å²) in [7, 11) is -3.41. The number of hydrogen-bond acceptors (Lipinski definition) is 3. The normalized spacial score (nSPS) is 12.3. The first-order valence-electron chi connectivity index (χ1n) is 10.6. The van der Waals surface area contributed by atoms with Crippen molar-refractivity contribution in [2.75, 3.05) is 5.75 Å². The average molecular weight is 504 g/mol. The Hall–Kier alpha value is -2.90. The second-order valence-corrected chi connectivity index (χ2v) is 10.6. The lowest BCUT2D eigenvalue weighted by atomic mass is 9.98. The number of alkyl halides is 3. The summed E-state index contributed by atoms with van der Waals surface area (Å²) in [5.41, 5.74) is 2.23. The molecule has 1 heterocycles. The van der Waals surface area contributed by atoms with E-state index in [-0.39, 0.29) is 21.2 Å². The zero-order chi connectivity index (χ0) is 24.7. The van der Waals surface area contributed by atoms with E-state index in [9.17, 15) is 21.6 Å². The second kappa shape index (κ2) is 9.04. The number of fused-ring (bicyclic) bond motifs is 1. The predicted molar refractivity (Wildman–Crippen MR) is 130 cm³/mol. The number of benzene rings is 3. The number of aryl methyl sites for hydroxylation is 1. The van der Waals surface area contributed by atoms with Gasteiger partial charge in [0.05, 0.1) is 27.4 Å². The van der Waals surface area contributed by atoms with Gasteiger partial charge in [-0.05, 0) is 54.8 Å². The molecule has 8 heteroatoms. The van der Waals surface area contributed by atoms with Crippen LogP contribution >= 0.6 is 11.6 Å². The Morgan fingerprint density at radius 3 is 2.32 bits per heavy atom. The lowest BCUT2D eigenvalue weighted by molar-refractivity contribution is -0.136. The van der Waals surface area contributed by atoms with Gasteiger partial charge in [0, 0.05) is 21.5 Å². The minimum absolute atomic E-state index is 0.0327. The van der Waals surface area contributed by atoms with Crippen molar-refractivity contribution < 1.29 is 21.6 Å². The topological polar surface area (TPSA) is 47.0 Å². The quantitative estimate of drug-likeness (QED) is 0.280. The maximum absolute atomic E-state index is 13.5. The number of para-hydroxylation sites is 1. The fourth-order valence-corrected chi connectivity index (χ4v) is 5.67. The van der Waals surface area contributed by atoms with E-state index in [2.05, 4.69) is 4.98 Å². The van der Waals surface area contributed by atoms with Crippen molar-refractivity contribution in [1.29, 1.82) is 0 Å². The molecule has 4 aromatic rings. The van der Waals surface area contributed by atoms with Crippen LogP contribution in [0.5, 0.6) is 0 Å². The molecule has 176 valence electrons. The zero-order valence-electron chi connectivity index (χ0n) is 18.4. The van der Waals surface area contributed by atoms with Gasteiger partial charge in [0.25, 0.3) is 0 Å². The number of aromatic nitrogens is 1. The van der Waals surface area contributed by atoms with Crippen molar-refractivity contribution in [2.24, 2.45) is 0 Å². The van der Waals surface area contributed by atoms with E-state index in [1.165, 1.54) is 18.2 Å². The summed E-state index contributed by atoms with van der Waals surface area (Å²) in [6.07, 6.45) is -4.02. The van der Waals surface area contributed by atoms with E-state index >= 15 is 0 Å². The van der Waals surface area contributed by atoms with Crippen molar-refractivity contribution in [3.63, 3.8) is 0 Å². The van der Waals surface area contributed by atoms with Crippen LogP contribution in [0.2, 0.25) is 5.02 Å². The molecule has 3 nitrogen and oxygen atoms in total. The molecular formula is C26H21ClF3NO2S. The molecule has 0 N–H and O–H groups in total. The molecule has 34 heavy (non-hydrogen) atoms. The lowest BCUT2D eigenvalue weighted by Gasteiger charge is -2.14. The van der Waals surface area contributed by atoms with Crippen molar-refractivity contribution >= 4 is 32.3 Å². The van der Waals surface area contributed by atoms with Gasteiger partial charge in [-0.15, -0.1) is 0 Å². The van der Waals surface area contributed by atoms with Crippen LogP contribution in [0.3, 0.4) is 0 Å². The summed E-state index contributed by atoms with van der Waals surface area (Å²) in [6.45, 7) is 3.59. The number of halogens is 4. The van der Waals surface area contributed by atoms with E-state index in [0.717, 1.165) is 11.6 Å². The van der Waals surface area contributed by atoms with Crippen LogP contribution in [0.1, 0.15) is 24.5 Å². The first-order chi connectivity index (χ1) is 16.0. The highest BCUT2D eigenvalue weighted by Crippen LogP contribution is 2.37. The van der Waals surface area contributed by atoms with Crippen molar-refractivity contribution in [2.45, 2.75) is 31.3 Å². The number of hydrogen-bond donors (Lipinski definition) is 0. The predicted octanol–water partition coefficient (Wildman–Crippen LogP) is 7.73. The van der Waals surface area contributed by atoms with E-state index in [4.69, 9.17) is 11.6 Å². The number of rotatable bonds is 5. The molecule has 0 aliphatic rings. The van der Waals surface area contributed by atoms with E-state index in [1.54, 1.807) is 50.2 Å². The van der Waals surface area contributed by atoms with Gasteiger partial charge in [0.1, 0.15) is 0 Å². The minimum atomic E-state index is -4.52. The molecule has 0 fully saturated rings. The number of sulfone groups is 1. The van der Waals surface area contributed by atoms with Gasteiger partial charge in [-0.3, -0.25) is 0 Å². The average Bonchev–Trinajstić information content (AvgIpc) is 2.77. The zero-order valence-corrected chi connectivity index (χ0v) is 20.0. The summed E-state index contributed by atoms with van der Waals surface area (Å²) < 4.78 is 65.4. The van der Waals surface area contributed by atoms with Gasteiger partial charge >= 0.3 is 6.18 Å². The van der Waals surface area contributed by atoms with Gasteiger partial charge in [-0.1, -0.05) is 54.9 Å². The van der Waals surface area contributed by atoms with Gasteiger partial charge in [0.15, 0.2) is 9.84 Å². The first kappa shape index (κ1) is 24.2. The molecule has 4 rings (SSSR count). The van der Waals surface area contributed by atoms with Crippen LogP contribution in [-0.2, 0) is 16.0 Å². The molecule has 0 saturated carbocycles. The lowest BCUT2D eigenvalue weighted by Crippen LogP contribution is -2.07. The van der Waals surface area contributed by atoms with Crippen molar-refractivity contribution in [3.05, 3.63) is 82.9 Å². The molecule has 0 radical (unpaired) electrons. The monoisotopic (exact) mass is 503 g/mol. The highest BCUT2D eigenvalue weighted by Gasteiger charge is 2.33. The molecule has 0 bridgehead atoms. The van der Waals surface area contributed by atoms with Crippen LogP contribution in [0, 0.1) is 6.92 Å². The van der Waals surface area contributed by atoms with Gasteiger partial charge in [0.2, 0.25) is 0 Å². The molecule has 0 aliphatic heterocycles. The number of pyridine rings is 1. The third-order valence-corrected chi connectivity index (χ3v) is 7.79. The van der Waals surface area contributed by atoms with Crippen LogP contribution in [-0.4, -0.2) is 19.2 Å². The molecule has 0 saturated heterocycles. The Bertz CT molecular complexity index is 1500. The van der Waals surface area contributed by atoms with Crippen LogP contribution in [0.4, 0.5) is 13.2 Å². The fraction of sp³-hybridized carbons (Fsp3) is 0.192. The third kappa shape index (κ3) is 4.68. The maximum atomic E-state index is 13.5. The standard InChI is InChI=1S/C26H21ClF3NO2S/c1-3-12-34(32,33)20-10-11-21(23(27)15-20)17-6-4-7-19(14-17)24-16(2)13-18-8-5-9-22(25(18)31-24)26(28,29)30/h4-11,13-15H,3,12H2,1-2H3. The van der Waals surface area contributed by atoms with Crippen LogP contribution < -0.4 is 0 Å².